The van der Waals surface area contributed by atoms with Crippen molar-refractivity contribution in [2.75, 3.05) is 20.3 Å². The van der Waals surface area contributed by atoms with Crippen molar-refractivity contribution in [3.8, 4) is 0 Å². The molecule has 0 aliphatic rings. The molecule has 0 saturated carbocycles. The Morgan fingerprint density at radius 1 is 1.08 bits per heavy atom. The van der Waals surface area contributed by atoms with Crippen LogP contribution in [0.4, 0.5) is 0 Å². The van der Waals surface area contributed by atoms with Crippen LogP contribution < -0.4 is 0 Å². The van der Waals surface area contributed by atoms with E-state index < -0.39 is 9.04 Å². The van der Waals surface area contributed by atoms with Crippen LogP contribution in [0.3, 0.4) is 0 Å². The topological polar surface area (TPSA) is 18.5 Å². The van der Waals surface area contributed by atoms with Gasteiger partial charge in [0, 0.05) is 20.3 Å². The van der Waals surface area contributed by atoms with E-state index in [9.17, 15) is 0 Å². The highest BCUT2D eigenvalue weighted by molar-refractivity contribution is 6.51. The number of unbranched alkanes of at least 4 members (excludes halogenated alkanes) is 1. The van der Waals surface area contributed by atoms with Gasteiger partial charge in [-0.05, 0) is 18.5 Å². The van der Waals surface area contributed by atoms with E-state index in [1.54, 1.807) is 7.11 Å². The normalized spacial score (nSPS) is 13.2. The van der Waals surface area contributed by atoms with Crippen LogP contribution in [0.5, 0.6) is 0 Å². The molecule has 2 nitrogen and oxygen atoms in total. The molecule has 3 heteroatoms. The predicted molar refractivity (Wildman–Crippen MR) is 59.8 cm³/mol. The molecule has 0 amide bonds. The van der Waals surface area contributed by atoms with Crippen molar-refractivity contribution in [1.29, 1.82) is 0 Å². The van der Waals surface area contributed by atoms with Crippen LogP contribution >= 0.6 is 0 Å². The molecular formula is C10H24O2Si. The second kappa shape index (κ2) is 10.2. The quantitative estimate of drug-likeness (QED) is 0.424. The van der Waals surface area contributed by atoms with E-state index in [4.69, 9.17) is 9.16 Å². The van der Waals surface area contributed by atoms with Gasteiger partial charge in [-0.1, -0.05) is 26.7 Å². The zero-order valence-electron chi connectivity index (χ0n) is 9.34. The number of ether oxygens (including phenoxy) is 1. The monoisotopic (exact) mass is 204 g/mol. The van der Waals surface area contributed by atoms with Gasteiger partial charge in [-0.3, -0.25) is 0 Å². The Labute approximate surface area is 84.4 Å². The summed E-state index contributed by atoms with van der Waals surface area (Å²) in [6.45, 7) is 6.23. The van der Waals surface area contributed by atoms with Crippen molar-refractivity contribution in [3.63, 3.8) is 0 Å². The smallest absolute Gasteiger partial charge is 0.176 e. The maximum absolute atomic E-state index is 5.85. The fourth-order valence-corrected chi connectivity index (χ4v) is 3.46. The Balaban J connectivity index is 3.25. The molecule has 1 atom stereocenters. The van der Waals surface area contributed by atoms with Crippen LogP contribution in [0, 0.1) is 0 Å². The fraction of sp³-hybridized carbons (Fsp3) is 1.00. The highest BCUT2D eigenvalue weighted by Crippen LogP contribution is 2.06. The SMILES string of the molecule is CCCC[SiH](CC)OCCCOC. The standard InChI is InChI=1S/C10H24O2Si/c1-4-6-10-13(5-2)12-9-7-8-11-3/h13H,4-10H2,1-3H3. The van der Waals surface area contributed by atoms with E-state index in [-0.39, 0.29) is 0 Å². The van der Waals surface area contributed by atoms with Crippen molar-refractivity contribution in [2.45, 2.75) is 45.2 Å². The maximum atomic E-state index is 5.85. The van der Waals surface area contributed by atoms with Gasteiger partial charge in [-0.2, -0.15) is 0 Å². The first kappa shape index (κ1) is 13.1. The molecule has 0 aliphatic heterocycles. The minimum absolute atomic E-state index is 0.829. The lowest BCUT2D eigenvalue weighted by atomic mass is 10.4. The van der Waals surface area contributed by atoms with Crippen molar-refractivity contribution in [2.24, 2.45) is 0 Å². The van der Waals surface area contributed by atoms with Gasteiger partial charge < -0.3 is 9.16 Å². The van der Waals surface area contributed by atoms with E-state index >= 15 is 0 Å². The van der Waals surface area contributed by atoms with Gasteiger partial charge in [0.1, 0.15) is 0 Å². The minimum Gasteiger partial charge on any atom is -0.420 e. The lowest BCUT2D eigenvalue weighted by Crippen LogP contribution is -2.17. The molecule has 0 N–H and O–H groups in total. The summed E-state index contributed by atoms with van der Waals surface area (Å²) in [6, 6.07) is 2.62. The Bertz CT molecular complexity index is 98.9. The molecule has 0 aromatic heterocycles. The molecule has 0 aromatic carbocycles. The van der Waals surface area contributed by atoms with E-state index in [2.05, 4.69) is 13.8 Å². The third-order valence-electron chi connectivity index (χ3n) is 2.18. The van der Waals surface area contributed by atoms with Crippen LogP contribution in [0.2, 0.25) is 12.1 Å². The van der Waals surface area contributed by atoms with Gasteiger partial charge in [0.15, 0.2) is 9.04 Å². The molecule has 0 bridgehead atoms. The maximum Gasteiger partial charge on any atom is 0.176 e. The molecule has 0 aromatic rings. The van der Waals surface area contributed by atoms with Gasteiger partial charge in [0.05, 0.1) is 0 Å². The molecule has 80 valence electrons. The average Bonchev–Trinajstić information content (AvgIpc) is 2.17. The van der Waals surface area contributed by atoms with Crippen LogP contribution in [0.1, 0.15) is 33.1 Å². The molecule has 0 radical (unpaired) electrons. The third-order valence-corrected chi connectivity index (χ3v) is 4.85. The third kappa shape index (κ3) is 8.47. The second-order valence-electron chi connectivity index (χ2n) is 3.39. The molecule has 0 fully saturated rings. The Morgan fingerprint density at radius 2 is 1.85 bits per heavy atom. The van der Waals surface area contributed by atoms with Gasteiger partial charge in [-0.25, -0.2) is 0 Å². The van der Waals surface area contributed by atoms with E-state index in [1.165, 1.54) is 24.9 Å². The summed E-state index contributed by atoms with van der Waals surface area (Å²) >= 11 is 0. The summed E-state index contributed by atoms with van der Waals surface area (Å²) in [5.41, 5.74) is 0. The van der Waals surface area contributed by atoms with Crippen molar-refractivity contribution in [3.05, 3.63) is 0 Å². The van der Waals surface area contributed by atoms with Gasteiger partial charge in [0.2, 0.25) is 0 Å². The second-order valence-corrected chi connectivity index (χ2v) is 6.36. The molecular weight excluding hydrogens is 180 g/mol. The number of hydrogen-bond acceptors (Lipinski definition) is 2. The molecule has 1 unspecified atom stereocenters. The first-order valence-electron chi connectivity index (χ1n) is 5.45. The van der Waals surface area contributed by atoms with Gasteiger partial charge in [-0.15, -0.1) is 0 Å². The number of rotatable bonds is 9. The molecule has 0 aliphatic carbocycles. The summed E-state index contributed by atoms with van der Waals surface area (Å²) in [6.07, 6.45) is 3.69. The van der Waals surface area contributed by atoms with Gasteiger partial charge in [0.25, 0.3) is 0 Å². The lowest BCUT2D eigenvalue weighted by Gasteiger charge is -2.13. The van der Waals surface area contributed by atoms with Crippen LogP contribution in [-0.2, 0) is 9.16 Å². The number of methoxy groups -OCH3 is 1. The van der Waals surface area contributed by atoms with E-state index in [0.29, 0.717) is 0 Å². The molecule has 0 rings (SSSR count). The van der Waals surface area contributed by atoms with E-state index in [0.717, 1.165) is 19.6 Å². The van der Waals surface area contributed by atoms with E-state index in [1.807, 2.05) is 0 Å². The first-order valence-corrected chi connectivity index (χ1v) is 7.56. The fourth-order valence-electron chi connectivity index (χ4n) is 1.29. The number of hydrogen-bond donors (Lipinski definition) is 0. The highest BCUT2D eigenvalue weighted by Gasteiger charge is 2.07. The van der Waals surface area contributed by atoms with Gasteiger partial charge >= 0.3 is 0 Å². The molecule has 0 spiro atoms. The minimum atomic E-state index is -0.829. The summed E-state index contributed by atoms with van der Waals surface area (Å²) in [4.78, 5) is 0. The van der Waals surface area contributed by atoms with Crippen molar-refractivity contribution < 1.29 is 9.16 Å². The highest BCUT2D eigenvalue weighted by atomic mass is 28.3. The molecule has 0 saturated heterocycles. The summed E-state index contributed by atoms with van der Waals surface area (Å²) in [5.74, 6) is 0. The zero-order valence-corrected chi connectivity index (χ0v) is 10.5. The van der Waals surface area contributed by atoms with Crippen molar-refractivity contribution >= 4 is 9.04 Å². The Kier molecular flexibility index (Phi) is 10.3. The summed E-state index contributed by atoms with van der Waals surface area (Å²) in [7, 11) is 0.913. The summed E-state index contributed by atoms with van der Waals surface area (Å²) in [5, 5.41) is 0. The largest absolute Gasteiger partial charge is 0.420 e. The van der Waals surface area contributed by atoms with Crippen molar-refractivity contribution in [1.82, 2.24) is 0 Å². The van der Waals surface area contributed by atoms with Crippen LogP contribution in [0.15, 0.2) is 0 Å². The van der Waals surface area contributed by atoms with Crippen LogP contribution in [0.25, 0.3) is 0 Å². The Hall–Kier alpha value is 0.137. The average molecular weight is 204 g/mol. The summed E-state index contributed by atoms with van der Waals surface area (Å²) < 4.78 is 10.8. The first-order chi connectivity index (χ1) is 6.35. The predicted octanol–water partition coefficient (Wildman–Crippen LogP) is 2.58. The zero-order chi connectivity index (χ0) is 9.94. The Morgan fingerprint density at radius 3 is 2.38 bits per heavy atom. The molecule has 13 heavy (non-hydrogen) atoms. The molecule has 0 heterocycles. The van der Waals surface area contributed by atoms with Crippen LogP contribution in [-0.4, -0.2) is 29.4 Å². The lowest BCUT2D eigenvalue weighted by molar-refractivity contribution is 0.171.